The molecule has 0 radical (unpaired) electrons. The van der Waals surface area contributed by atoms with Gasteiger partial charge >= 0.3 is 11.4 Å². The van der Waals surface area contributed by atoms with E-state index < -0.39 is 17.6 Å². The maximum atomic E-state index is 10.2. The second-order valence-electron chi connectivity index (χ2n) is 2.02. The summed E-state index contributed by atoms with van der Waals surface area (Å²) >= 11 is -2.35. The van der Waals surface area contributed by atoms with Crippen LogP contribution in [0.1, 0.15) is 11.8 Å². The molecule has 0 aromatic carbocycles. The Bertz CT molecular complexity index is 267. The van der Waals surface area contributed by atoms with Crippen LogP contribution in [-0.4, -0.2) is 13.7 Å². The summed E-state index contributed by atoms with van der Waals surface area (Å²) in [6.45, 7) is 0. The fraction of sp³-hybridized carbons (Fsp3) is 0.167. The Labute approximate surface area is 72.1 Å². The van der Waals surface area contributed by atoms with Gasteiger partial charge in [-0.3, -0.25) is 9.54 Å². The SMILES string of the molecule is NC(OS(=O)O)c1cccnc1. The maximum absolute atomic E-state index is 10.2. The summed E-state index contributed by atoms with van der Waals surface area (Å²) < 4.78 is 22.9. The quantitative estimate of drug-likeness (QED) is 0.522. The minimum Gasteiger partial charge on any atom is -0.301 e. The second-order valence-corrected chi connectivity index (χ2v) is 2.65. The predicted molar refractivity (Wildman–Crippen MR) is 43.0 cm³/mol. The molecule has 0 spiro atoms. The molecule has 0 saturated heterocycles. The van der Waals surface area contributed by atoms with Gasteiger partial charge in [0.2, 0.25) is 0 Å². The lowest BCUT2D eigenvalue weighted by Crippen LogP contribution is -2.15. The van der Waals surface area contributed by atoms with Crippen molar-refractivity contribution in [2.24, 2.45) is 5.73 Å². The van der Waals surface area contributed by atoms with Crippen molar-refractivity contribution in [2.45, 2.75) is 6.23 Å². The van der Waals surface area contributed by atoms with Gasteiger partial charge in [-0.05, 0) is 6.07 Å². The predicted octanol–water partition coefficient (Wildman–Crippen LogP) is 0.192. The molecule has 5 nitrogen and oxygen atoms in total. The number of pyridine rings is 1. The van der Waals surface area contributed by atoms with Crippen molar-refractivity contribution in [2.75, 3.05) is 0 Å². The van der Waals surface area contributed by atoms with E-state index in [-0.39, 0.29) is 0 Å². The van der Waals surface area contributed by atoms with Crippen LogP contribution in [0.5, 0.6) is 0 Å². The normalized spacial score (nSPS) is 15.5. The van der Waals surface area contributed by atoms with Crippen molar-refractivity contribution in [3.8, 4) is 0 Å². The van der Waals surface area contributed by atoms with E-state index in [9.17, 15) is 4.21 Å². The Morgan fingerprint density at radius 1 is 1.75 bits per heavy atom. The first-order valence-electron chi connectivity index (χ1n) is 3.13. The van der Waals surface area contributed by atoms with E-state index in [0.717, 1.165) is 0 Å². The van der Waals surface area contributed by atoms with Gasteiger partial charge in [0, 0.05) is 18.0 Å². The van der Waals surface area contributed by atoms with E-state index in [2.05, 4.69) is 9.17 Å². The highest BCUT2D eigenvalue weighted by atomic mass is 32.2. The largest absolute Gasteiger partial charge is 0.303 e. The summed E-state index contributed by atoms with van der Waals surface area (Å²) in [7, 11) is 0. The zero-order valence-corrected chi connectivity index (χ0v) is 6.90. The topological polar surface area (TPSA) is 85.4 Å². The van der Waals surface area contributed by atoms with Crippen LogP contribution in [-0.2, 0) is 15.5 Å². The third kappa shape index (κ3) is 2.67. The maximum Gasteiger partial charge on any atom is 0.303 e. The summed E-state index contributed by atoms with van der Waals surface area (Å²) in [5.41, 5.74) is 5.94. The van der Waals surface area contributed by atoms with Crippen LogP contribution >= 0.6 is 0 Å². The lowest BCUT2D eigenvalue weighted by atomic mass is 10.3. The molecule has 2 atom stereocenters. The van der Waals surface area contributed by atoms with Crippen molar-refractivity contribution in [3.63, 3.8) is 0 Å². The summed E-state index contributed by atoms with van der Waals surface area (Å²) in [4.78, 5) is 3.77. The first kappa shape index (κ1) is 9.27. The molecule has 12 heavy (non-hydrogen) atoms. The Balaban J connectivity index is 2.65. The molecular formula is C6H8N2O3S. The molecule has 3 N–H and O–H groups in total. The molecule has 0 amide bonds. The fourth-order valence-electron chi connectivity index (χ4n) is 0.689. The highest BCUT2D eigenvalue weighted by molar-refractivity contribution is 7.74. The molecule has 0 bridgehead atoms. The van der Waals surface area contributed by atoms with E-state index in [1.165, 1.54) is 6.20 Å². The molecule has 6 heteroatoms. The van der Waals surface area contributed by atoms with Gasteiger partial charge in [-0.25, -0.2) is 4.18 Å². The van der Waals surface area contributed by atoms with Crippen LogP contribution in [0.25, 0.3) is 0 Å². The highest BCUT2D eigenvalue weighted by Crippen LogP contribution is 2.09. The summed E-state index contributed by atoms with van der Waals surface area (Å²) in [5, 5.41) is 0. The first-order chi connectivity index (χ1) is 5.70. The molecule has 0 aliphatic rings. The van der Waals surface area contributed by atoms with E-state index in [1.54, 1.807) is 18.3 Å². The molecule has 1 aromatic rings. The lowest BCUT2D eigenvalue weighted by molar-refractivity contribution is 0.215. The van der Waals surface area contributed by atoms with Crippen LogP contribution in [0.3, 0.4) is 0 Å². The fourth-order valence-corrected chi connectivity index (χ4v) is 0.977. The molecule has 0 fully saturated rings. The molecule has 1 heterocycles. The van der Waals surface area contributed by atoms with E-state index in [4.69, 9.17) is 10.3 Å². The van der Waals surface area contributed by atoms with Crippen molar-refractivity contribution in [1.29, 1.82) is 0 Å². The number of hydrogen-bond donors (Lipinski definition) is 2. The Morgan fingerprint density at radius 3 is 3.00 bits per heavy atom. The summed E-state index contributed by atoms with van der Waals surface area (Å²) in [6, 6.07) is 3.32. The molecule has 66 valence electrons. The number of hydrogen-bond acceptors (Lipinski definition) is 4. The van der Waals surface area contributed by atoms with Crippen LogP contribution in [0, 0.1) is 0 Å². The number of nitrogens with zero attached hydrogens (tertiary/aromatic N) is 1. The Morgan fingerprint density at radius 2 is 2.50 bits per heavy atom. The van der Waals surface area contributed by atoms with Crippen LogP contribution < -0.4 is 5.73 Å². The number of aromatic nitrogens is 1. The van der Waals surface area contributed by atoms with E-state index in [0.29, 0.717) is 5.56 Å². The Kier molecular flexibility index (Phi) is 3.30. The van der Waals surface area contributed by atoms with Gasteiger partial charge in [-0.15, -0.1) is 0 Å². The molecule has 1 rings (SSSR count). The van der Waals surface area contributed by atoms with Gasteiger partial charge in [-0.1, -0.05) is 6.07 Å². The minimum atomic E-state index is -2.35. The van der Waals surface area contributed by atoms with E-state index in [1.807, 2.05) is 0 Å². The van der Waals surface area contributed by atoms with Crippen molar-refractivity contribution < 1.29 is 12.9 Å². The first-order valence-corrected chi connectivity index (χ1v) is 4.17. The standard InChI is InChI=1S/C6H8N2O3S/c7-6(11-12(9)10)5-2-1-3-8-4-5/h1-4,6H,7H2,(H,9,10). The summed E-state index contributed by atoms with van der Waals surface area (Å²) in [5.74, 6) is 0. The second kappa shape index (κ2) is 4.27. The van der Waals surface area contributed by atoms with Crippen molar-refractivity contribution in [3.05, 3.63) is 30.1 Å². The van der Waals surface area contributed by atoms with Crippen LogP contribution in [0.2, 0.25) is 0 Å². The van der Waals surface area contributed by atoms with Crippen LogP contribution in [0.4, 0.5) is 0 Å². The smallest absolute Gasteiger partial charge is 0.301 e. The lowest BCUT2D eigenvalue weighted by Gasteiger charge is -2.07. The molecule has 2 unspecified atom stereocenters. The van der Waals surface area contributed by atoms with Gasteiger partial charge in [0.15, 0.2) is 6.23 Å². The number of nitrogens with two attached hydrogens (primary N) is 1. The zero-order chi connectivity index (χ0) is 8.97. The summed E-state index contributed by atoms with van der Waals surface area (Å²) in [6.07, 6.45) is 2.13. The monoisotopic (exact) mass is 188 g/mol. The third-order valence-corrected chi connectivity index (χ3v) is 1.57. The minimum absolute atomic E-state index is 0.555. The molecule has 0 saturated carbocycles. The number of rotatable bonds is 3. The molecule has 0 aliphatic carbocycles. The van der Waals surface area contributed by atoms with Crippen LogP contribution in [0.15, 0.2) is 24.5 Å². The third-order valence-electron chi connectivity index (χ3n) is 1.20. The van der Waals surface area contributed by atoms with E-state index >= 15 is 0 Å². The van der Waals surface area contributed by atoms with Gasteiger partial charge in [0.1, 0.15) is 0 Å². The molecule has 1 aromatic heterocycles. The molecular weight excluding hydrogens is 180 g/mol. The van der Waals surface area contributed by atoms with Gasteiger partial charge in [-0.2, -0.15) is 4.21 Å². The van der Waals surface area contributed by atoms with Gasteiger partial charge in [0.25, 0.3) is 0 Å². The van der Waals surface area contributed by atoms with Crippen molar-refractivity contribution >= 4 is 11.4 Å². The average Bonchev–Trinajstić information content (AvgIpc) is 2.05. The highest BCUT2D eigenvalue weighted by Gasteiger charge is 2.08. The Hall–Kier alpha value is -0.820. The van der Waals surface area contributed by atoms with Gasteiger partial charge in [0.05, 0.1) is 0 Å². The van der Waals surface area contributed by atoms with Crippen molar-refractivity contribution in [1.82, 2.24) is 4.98 Å². The average molecular weight is 188 g/mol. The van der Waals surface area contributed by atoms with Gasteiger partial charge < -0.3 is 5.73 Å². The zero-order valence-electron chi connectivity index (χ0n) is 6.08. The molecule has 0 aliphatic heterocycles.